The van der Waals surface area contributed by atoms with Gasteiger partial charge in [0.2, 0.25) is 0 Å². The van der Waals surface area contributed by atoms with Crippen LogP contribution in [0.4, 0.5) is 0 Å². The predicted octanol–water partition coefficient (Wildman–Crippen LogP) is 2.33. The summed E-state index contributed by atoms with van der Waals surface area (Å²) in [5.74, 6) is -1.41. The number of carbonyl (C=O) groups excluding carboxylic acids is 3. The average molecular weight is 394 g/mol. The number of carbonyl (C=O) groups is 3. The summed E-state index contributed by atoms with van der Waals surface area (Å²) in [6.45, 7) is -0.00336. The van der Waals surface area contributed by atoms with Gasteiger partial charge in [-0.05, 0) is 18.1 Å². The van der Waals surface area contributed by atoms with Crippen LogP contribution in [0.1, 0.15) is 15.9 Å². The zero-order valence-corrected chi connectivity index (χ0v) is 16.1. The van der Waals surface area contributed by atoms with Crippen LogP contribution in [0.25, 0.3) is 10.9 Å². The topological polar surface area (TPSA) is 86.6 Å². The summed E-state index contributed by atoms with van der Waals surface area (Å²) >= 11 is 0. The first kappa shape index (κ1) is 20.1. The highest BCUT2D eigenvalue weighted by molar-refractivity contribution is 6.04. The SMILES string of the molecule is COC(=O)c1cn(CC(=O)OCC(=O)NCCc2ccccc2)c2ccccc12. The molecule has 3 rings (SSSR count). The fraction of sp³-hybridized carbons (Fsp3) is 0.227. The predicted molar refractivity (Wildman–Crippen MR) is 107 cm³/mol. The van der Waals surface area contributed by atoms with Gasteiger partial charge < -0.3 is 19.4 Å². The van der Waals surface area contributed by atoms with E-state index >= 15 is 0 Å². The maximum absolute atomic E-state index is 12.2. The molecule has 29 heavy (non-hydrogen) atoms. The lowest BCUT2D eigenvalue weighted by Crippen LogP contribution is -2.31. The lowest BCUT2D eigenvalue weighted by Gasteiger charge is -2.08. The molecule has 7 nitrogen and oxygen atoms in total. The van der Waals surface area contributed by atoms with Gasteiger partial charge in [0.05, 0.1) is 12.7 Å². The van der Waals surface area contributed by atoms with Crippen molar-refractivity contribution in [3.8, 4) is 0 Å². The standard InChI is InChI=1S/C22H22N2O5/c1-28-22(27)18-13-24(19-10-6-5-9-17(18)19)14-21(26)29-15-20(25)23-12-11-16-7-3-2-4-8-16/h2-10,13H,11-12,14-15H2,1H3,(H,23,25). The Labute approximate surface area is 168 Å². The molecule has 0 atom stereocenters. The van der Waals surface area contributed by atoms with Crippen LogP contribution in [0, 0.1) is 0 Å². The molecule has 0 unspecified atom stereocenters. The molecule has 1 heterocycles. The Kier molecular flexibility index (Phi) is 6.63. The second-order valence-electron chi connectivity index (χ2n) is 6.43. The van der Waals surface area contributed by atoms with E-state index in [0.29, 0.717) is 29.4 Å². The number of rotatable bonds is 8. The van der Waals surface area contributed by atoms with Crippen LogP contribution >= 0.6 is 0 Å². The number of benzene rings is 2. The number of fused-ring (bicyclic) bond motifs is 1. The van der Waals surface area contributed by atoms with Crippen molar-refractivity contribution < 1.29 is 23.9 Å². The second-order valence-corrected chi connectivity index (χ2v) is 6.43. The average Bonchev–Trinajstić information content (AvgIpc) is 3.11. The Morgan fingerprint density at radius 3 is 2.48 bits per heavy atom. The van der Waals surface area contributed by atoms with Crippen LogP contribution in [-0.2, 0) is 32.0 Å². The third kappa shape index (κ3) is 5.22. The summed E-state index contributed by atoms with van der Waals surface area (Å²) in [6, 6.07) is 17.0. The van der Waals surface area contributed by atoms with Crippen LogP contribution in [0.15, 0.2) is 60.8 Å². The minimum absolute atomic E-state index is 0.116. The first-order valence-corrected chi connectivity index (χ1v) is 9.21. The Bertz CT molecular complexity index is 1010. The Balaban J connectivity index is 1.52. The molecule has 150 valence electrons. The summed E-state index contributed by atoms with van der Waals surface area (Å²) in [4.78, 5) is 36.0. The lowest BCUT2D eigenvalue weighted by molar-refractivity contribution is -0.149. The van der Waals surface area contributed by atoms with Gasteiger partial charge in [-0.25, -0.2) is 4.79 Å². The van der Waals surface area contributed by atoms with Crippen molar-refractivity contribution in [1.29, 1.82) is 0 Å². The number of para-hydroxylation sites is 1. The quantitative estimate of drug-likeness (QED) is 0.593. The summed E-state index contributed by atoms with van der Waals surface area (Å²) in [5.41, 5.74) is 2.19. The third-order valence-corrected chi connectivity index (χ3v) is 4.44. The van der Waals surface area contributed by atoms with E-state index < -0.39 is 11.9 Å². The minimum Gasteiger partial charge on any atom is -0.465 e. The summed E-state index contributed by atoms with van der Waals surface area (Å²) in [7, 11) is 1.30. The number of hydrogen-bond acceptors (Lipinski definition) is 5. The molecule has 7 heteroatoms. The maximum atomic E-state index is 12.2. The molecule has 0 saturated carbocycles. The number of nitrogens with one attached hydrogen (secondary N) is 1. The van der Waals surface area contributed by atoms with Crippen molar-refractivity contribution in [2.45, 2.75) is 13.0 Å². The maximum Gasteiger partial charge on any atom is 0.340 e. The van der Waals surface area contributed by atoms with E-state index in [0.717, 1.165) is 5.56 Å². The van der Waals surface area contributed by atoms with Gasteiger partial charge in [0, 0.05) is 23.6 Å². The first-order valence-electron chi connectivity index (χ1n) is 9.21. The second kappa shape index (κ2) is 9.54. The van der Waals surface area contributed by atoms with Crippen LogP contribution < -0.4 is 5.32 Å². The van der Waals surface area contributed by atoms with Crippen molar-refractivity contribution in [2.24, 2.45) is 0 Å². The van der Waals surface area contributed by atoms with E-state index in [1.165, 1.54) is 7.11 Å². The van der Waals surface area contributed by atoms with Crippen molar-refractivity contribution in [3.63, 3.8) is 0 Å². The van der Waals surface area contributed by atoms with Crippen molar-refractivity contribution in [1.82, 2.24) is 9.88 Å². The molecule has 0 aliphatic rings. The molecule has 0 spiro atoms. The molecule has 1 aromatic heterocycles. The van der Waals surface area contributed by atoms with Gasteiger partial charge in [-0.15, -0.1) is 0 Å². The highest BCUT2D eigenvalue weighted by Gasteiger charge is 2.17. The van der Waals surface area contributed by atoms with Gasteiger partial charge in [0.25, 0.3) is 5.91 Å². The number of nitrogens with zero attached hydrogens (tertiary/aromatic N) is 1. The normalized spacial score (nSPS) is 10.5. The zero-order chi connectivity index (χ0) is 20.6. The molecular weight excluding hydrogens is 372 g/mol. The molecule has 0 aliphatic heterocycles. The van der Waals surface area contributed by atoms with Gasteiger partial charge >= 0.3 is 11.9 Å². The van der Waals surface area contributed by atoms with Gasteiger partial charge in [0.1, 0.15) is 6.54 Å². The fourth-order valence-electron chi connectivity index (χ4n) is 3.02. The molecule has 2 aromatic carbocycles. The number of aromatic nitrogens is 1. The van der Waals surface area contributed by atoms with Gasteiger partial charge in [-0.3, -0.25) is 9.59 Å². The van der Waals surface area contributed by atoms with Gasteiger partial charge in [0.15, 0.2) is 6.61 Å². The van der Waals surface area contributed by atoms with E-state index in [1.807, 2.05) is 36.4 Å². The van der Waals surface area contributed by atoms with Crippen LogP contribution in [-0.4, -0.2) is 42.7 Å². The van der Waals surface area contributed by atoms with E-state index in [1.54, 1.807) is 29.0 Å². The molecule has 0 bridgehead atoms. The minimum atomic E-state index is -0.569. The smallest absolute Gasteiger partial charge is 0.340 e. The van der Waals surface area contributed by atoms with Crippen LogP contribution in [0.5, 0.6) is 0 Å². The number of methoxy groups -OCH3 is 1. The molecule has 3 aromatic rings. The first-order chi connectivity index (χ1) is 14.1. The molecular formula is C22H22N2O5. The van der Waals surface area contributed by atoms with Crippen LogP contribution in [0.3, 0.4) is 0 Å². The number of esters is 2. The van der Waals surface area contributed by atoms with Crippen molar-refractivity contribution >= 4 is 28.7 Å². The van der Waals surface area contributed by atoms with Crippen molar-refractivity contribution in [3.05, 3.63) is 71.9 Å². The Morgan fingerprint density at radius 1 is 1.00 bits per heavy atom. The van der Waals surface area contributed by atoms with E-state index in [9.17, 15) is 14.4 Å². The molecule has 0 aliphatic carbocycles. The largest absolute Gasteiger partial charge is 0.465 e. The van der Waals surface area contributed by atoms with Crippen LogP contribution in [0.2, 0.25) is 0 Å². The van der Waals surface area contributed by atoms with Gasteiger partial charge in [-0.1, -0.05) is 48.5 Å². The highest BCUT2D eigenvalue weighted by Crippen LogP contribution is 2.22. The Hall–Kier alpha value is -3.61. The Morgan fingerprint density at radius 2 is 1.72 bits per heavy atom. The summed E-state index contributed by atoms with van der Waals surface area (Å²) in [6.07, 6.45) is 2.25. The third-order valence-electron chi connectivity index (χ3n) is 4.44. The summed E-state index contributed by atoms with van der Waals surface area (Å²) < 4.78 is 11.5. The highest BCUT2D eigenvalue weighted by atomic mass is 16.5. The monoisotopic (exact) mass is 394 g/mol. The lowest BCUT2D eigenvalue weighted by atomic mass is 10.1. The number of ether oxygens (including phenoxy) is 2. The van der Waals surface area contributed by atoms with Gasteiger partial charge in [-0.2, -0.15) is 0 Å². The van der Waals surface area contributed by atoms with E-state index in [-0.39, 0.29) is 19.1 Å². The molecule has 0 saturated heterocycles. The van der Waals surface area contributed by atoms with E-state index in [4.69, 9.17) is 9.47 Å². The number of hydrogen-bond donors (Lipinski definition) is 1. The van der Waals surface area contributed by atoms with E-state index in [2.05, 4.69) is 5.32 Å². The molecule has 1 amide bonds. The molecule has 0 radical (unpaired) electrons. The van der Waals surface area contributed by atoms with Crippen molar-refractivity contribution in [2.75, 3.05) is 20.3 Å². The summed E-state index contributed by atoms with van der Waals surface area (Å²) in [5, 5.41) is 3.41. The molecule has 1 N–H and O–H groups in total. The molecule has 0 fully saturated rings. The number of amides is 1. The zero-order valence-electron chi connectivity index (χ0n) is 16.1. The fourth-order valence-corrected chi connectivity index (χ4v) is 3.02.